The fourth-order valence-corrected chi connectivity index (χ4v) is 2.02. The first-order valence-corrected chi connectivity index (χ1v) is 5.78. The van der Waals surface area contributed by atoms with E-state index in [0.29, 0.717) is 6.61 Å². The van der Waals surface area contributed by atoms with Crippen molar-refractivity contribution in [2.24, 2.45) is 0 Å². The maximum absolute atomic E-state index is 5.86. The molecule has 88 valence electrons. The minimum absolute atomic E-state index is 0.250. The molecule has 1 fully saturated rings. The summed E-state index contributed by atoms with van der Waals surface area (Å²) in [7, 11) is 0. The number of ether oxygens (including phenoxy) is 2. The third kappa shape index (κ3) is 2.30. The topological polar surface area (TPSA) is 44.5 Å². The van der Waals surface area contributed by atoms with Gasteiger partial charge in [-0.3, -0.25) is 0 Å². The van der Waals surface area contributed by atoms with E-state index in [1.54, 1.807) is 0 Å². The standard InChI is InChI=1S/C13H19NO2/c1-9-5-6-12(14)10(2)13(9)16-8-11-4-3-7-15-11/h5-6,11H,3-4,7-8,14H2,1-2H3. The molecule has 16 heavy (non-hydrogen) atoms. The predicted octanol–water partition coefficient (Wildman–Crippen LogP) is 2.44. The van der Waals surface area contributed by atoms with Crippen LogP contribution in [0.25, 0.3) is 0 Å². The van der Waals surface area contributed by atoms with Gasteiger partial charge in [0.2, 0.25) is 0 Å². The first-order chi connectivity index (χ1) is 7.68. The number of benzene rings is 1. The van der Waals surface area contributed by atoms with E-state index in [-0.39, 0.29) is 6.10 Å². The Morgan fingerprint density at radius 2 is 2.25 bits per heavy atom. The fraction of sp³-hybridized carbons (Fsp3) is 0.538. The summed E-state index contributed by atoms with van der Waals surface area (Å²) in [5.41, 5.74) is 8.80. The van der Waals surface area contributed by atoms with E-state index in [4.69, 9.17) is 15.2 Å². The zero-order valence-electron chi connectivity index (χ0n) is 9.95. The lowest BCUT2D eigenvalue weighted by Gasteiger charge is -2.16. The summed E-state index contributed by atoms with van der Waals surface area (Å²) in [6.45, 7) is 5.53. The van der Waals surface area contributed by atoms with Crippen LogP contribution in [0.3, 0.4) is 0 Å². The van der Waals surface area contributed by atoms with Crippen LogP contribution in [-0.4, -0.2) is 19.3 Å². The van der Waals surface area contributed by atoms with Crippen molar-refractivity contribution in [2.75, 3.05) is 18.9 Å². The van der Waals surface area contributed by atoms with Crippen LogP contribution in [-0.2, 0) is 4.74 Å². The van der Waals surface area contributed by atoms with Crippen LogP contribution >= 0.6 is 0 Å². The Morgan fingerprint density at radius 3 is 2.94 bits per heavy atom. The van der Waals surface area contributed by atoms with E-state index >= 15 is 0 Å². The number of aryl methyl sites for hydroxylation is 1. The molecule has 2 N–H and O–H groups in total. The summed E-state index contributed by atoms with van der Waals surface area (Å²) >= 11 is 0. The van der Waals surface area contributed by atoms with Crippen molar-refractivity contribution < 1.29 is 9.47 Å². The molecule has 0 saturated carbocycles. The van der Waals surface area contributed by atoms with Crippen molar-refractivity contribution in [3.05, 3.63) is 23.3 Å². The van der Waals surface area contributed by atoms with Crippen LogP contribution < -0.4 is 10.5 Å². The number of hydrogen-bond acceptors (Lipinski definition) is 3. The summed E-state index contributed by atoms with van der Waals surface area (Å²) in [5.74, 6) is 0.913. The lowest BCUT2D eigenvalue weighted by atomic mass is 10.1. The SMILES string of the molecule is Cc1ccc(N)c(C)c1OCC1CCCO1. The Hall–Kier alpha value is -1.22. The quantitative estimate of drug-likeness (QED) is 0.797. The Morgan fingerprint density at radius 1 is 1.44 bits per heavy atom. The second-order valence-electron chi connectivity index (χ2n) is 4.37. The Balaban J connectivity index is 2.05. The van der Waals surface area contributed by atoms with Crippen LogP contribution in [0.5, 0.6) is 5.75 Å². The summed E-state index contributed by atoms with van der Waals surface area (Å²) in [6.07, 6.45) is 2.49. The number of anilines is 1. The molecule has 1 aliphatic heterocycles. The van der Waals surface area contributed by atoms with E-state index in [9.17, 15) is 0 Å². The number of rotatable bonds is 3. The zero-order valence-corrected chi connectivity index (χ0v) is 9.95. The lowest BCUT2D eigenvalue weighted by Crippen LogP contribution is -2.17. The van der Waals surface area contributed by atoms with Gasteiger partial charge in [0.15, 0.2) is 0 Å². The molecule has 1 aromatic rings. The molecular formula is C13H19NO2. The molecule has 1 aromatic carbocycles. The molecule has 0 aliphatic carbocycles. The van der Waals surface area contributed by atoms with Gasteiger partial charge in [0.25, 0.3) is 0 Å². The maximum Gasteiger partial charge on any atom is 0.127 e. The van der Waals surface area contributed by atoms with E-state index < -0.39 is 0 Å². The van der Waals surface area contributed by atoms with Crippen LogP contribution in [0.2, 0.25) is 0 Å². The number of nitrogens with two attached hydrogens (primary N) is 1. The number of hydrogen-bond donors (Lipinski definition) is 1. The smallest absolute Gasteiger partial charge is 0.127 e. The second-order valence-corrected chi connectivity index (χ2v) is 4.37. The van der Waals surface area contributed by atoms with E-state index in [0.717, 1.165) is 42.0 Å². The highest BCUT2D eigenvalue weighted by molar-refractivity contribution is 5.56. The Kier molecular flexibility index (Phi) is 3.34. The molecule has 2 rings (SSSR count). The fourth-order valence-electron chi connectivity index (χ4n) is 2.02. The second kappa shape index (κ2) is 4.74. The molecule has 1 unspecified atom stereocenters. The molecule has 1 atom stereocenters. The molecule has 1 aliphatic rings. The van der Waals surface area contributed by atoms with Crippen molar-refractivity contribution in [3.63, 3.8) is 0 Å². The lowest BCUT2D eigenvalue weighted by molar-refractivity contribution is 0.0675. The average molecular weight is 221 g/mol. The molecule has 0 radical (unpaired) electrons. The monoisotopic (exact) mass is 221 g/mol. The Bertz CT molecular complexity index is 370. The normalized spacial score (nSPS) is 20.0. The van der Waals surface area contributed by atoms with Crippen molar-refractivity contribution in [1.82, 2.24) is 0 Å². The van der Waals surface area contributed by atoms with Crippen LogP contribution in [0, 0.1) is 13.8 Å². The van der Waals surface area contributed by atoms with Crippen molar-refractivity contribution >= 4 is 5.69 Å². The van der Waals surface area contributed by atoms with Crippen LogP contribution in [0.1, 0.15) is 24.0 Å². The van der Waals surface area contributed by atoms with Gasteiger partial charge in [-0.15, -0.1) is 0 Å². The molecule has 0 bridgehead atoms. The summed E-state index contributed by atoms with van der Waals surface area (Å²) < 4.78 is 11.4. The van der Waals surface area contributed by atoms with Gasteiger partial charge >= 0.3 is 0 Å². The third-order valence-electron chi connectivity index (χ3n) is 3.08. The third-order valence-corrected chi connectivity index (χ3v) is 3.08. The average Bonchev–Trinajstić information content (AvgIpc) is 2.77. The molecule has 3 nitrogen and oxygen atoms in total. The van der Waals surface area contributed by atoms with Crippen LogP contribution in [0.15, 0.2) is 12.1 Å². The summed E-state index contributed by atoms with van der Waals surface area (Å²) in [5, 5.41) is 0. The van der Waals surface area contributed by atoms with Gasteiger partial charge in [-0.05, 0) is 38.3 Å². The van der Waals surface area contributed by atoms with E-state index in [1.807, 2.05) is 26.0 Å². The van der Waals surface area contributed by atoms with Gasteiger partial charge in [0, 0.05) is 17.9 Å². The van der Waals surface area contributed by atoms with Crippen LogP contribution in [0.4, 0.5) is 5.69 Å². The minimum Gasteiger partial charge on any atom is -0.490 e. The molecular weight excluding hydrogens is 202 g/mol. The highest BCUT2D eigenvalue weighted by atomic mass is 16.5. The predicted molar refractivity (Wildman–Crippen MR) is 64.8 cm³/mol. The van der Waals surface area contributed by atoms with Gasteiger partial charge in [0.1, 0.15) is 12.4 Å². The van der Waals surface area contributed by atoms with Gasteiger partial charge in [0.05, 0.1) is 6.10 Å². The minimum atomic E-state index is 0.250. The Labute approximate surface area is 96.5 Å². The zero-order chi connectivity index (χ0) is 11.5. The van der Waals surface area contributed by atoms with Gasteiger partial charge < -0.3 is 15.2 Å². The molecule has 3 heteroatoms. The van der Waals surface area contributed by atoms with E-state index in [1.165, 1.54) is 0 Å². The van der Waals surface area contributed by atoms with Crippen molar-refractivity contribution in [3.8, 4) is 5.75 Å². The number of nitrogen functional groups attached to an aromatic ring is 1. The summed E-state index contributed by atoms with van der Waals surface area (Å²) in [4.78, 5) is 0. The molecule has 0 spiro atoms. The van der Waals surface area contributed by atoms with Crippen molar-refractivity contribution in [1.29, 1.82) is 0 Å². The highest BCUT2D eigenvalue weighted by Crippen LogP contribution is 2.28. The van der Waals surface area contributed by atoms with Gasteiger partial charge in [-0.25, -0.2) is 0 Å². The van der Waals surface area contributed by atoms with Gasteiger partial charge in [-0.1, -0.05) is 6.07 Å². The first-order valence-electron chi connectivity index (χ1n) is 5.78. The maximum atomic E-state index is 5.86. The summed E-state index contributed by atoms with van der Waals surface area (Å²) in [6, 6.07) is 3.91. The van der Waals surface area contributed by atoms with Crippen molar-refractivity contribution in [2.45, 2.75) is 32.8 Å². The molecule has 1 heterocycles. The van der Waals surface area contributed by atoms with E-state index in [2.05, 4.69) is 0 Å². The molecule has 0 aromatic heterocycles. The van der Waals surface area contributed by atoms with Gasteiger partial charge in [-0.2, -0.15) is 0 Å². The largest absolute Gasteiger partial charge is 0.490 e. The molecule has 1 saturated heterocycles. The molecule has 0 amide bonds. The first kappa shape index (κ1) is 11.3. The highest BCUT2D eigenvalue weighted by Gasteiger charge is 2.17.